The molecular weight excluding hydrogens is 346 g/mol. The minimum atomic E-state index is -0.0899. The fourth-order valence-corrected chi connectivity index (χ4v) is 4.74. The second-order valence-corrected chi connectivity index (χ2v) is 8.09. The van der Waals surface area contributed by atoms with Crippen molar-refractivity contribution in [3.05, 3.63) is 11.4 Å². The summed E-state index contributed by atoms with van der Waals surface area (Å²) >= 11 is 0. The first-order valence-electron chi connectivity index (χ1n) is 10.2. The summed E-state index contributed by atoms with van der Waals surface area (Å²) in [6.07, 6.45) is 6.29. The Balaban J connectivity index is 1.30. The zero-order chi connectivity index (χ0) is 18.8. The SMILES string of the molecule is Cc1nonc1C(=O)N1CCC(N2CCCC(C(=O)N3CCCC3)C2)CC1. The van der Waals surface area contributed by atoms with Crippen molar-refractivity contribution in [3.63, 3.8) is 0 Å². The lowest BCUT2D eigenvalue weighted by Crippen LogP contribution is -2.51. The van der Waals surface area contributed by atoms with Crippen molar-refractivity contribution < 1.29 is 14.2 Å². The summed E-state index contributed by atoms with van der Waals surface area (Å²) in [6.45, 7) is 6.99. The molecule has 4 heterocycles. The molecule has 3 aliphatic rings. The molecule has 1 atom stereocenters. The molecule has 148 valence electrons. The Morgan fingerprint density at radius 1 is 0.926 bits per heavy atom. The number of carbonyl (C=O) groups is 2. The lowest BCUT2D eigenvalue weighted by atomic mass is 9.93. The molecule has 3 fully saturated rings. The van der Waals surface area contributed by atoms with Crippen molar-refractivity contribution in [1.82, 2.24) is 25.0 Å². The van der Waals surface area contributed by atoms with Crippen molar-refractivity contribution in [2.24, 2.45) is 5.92 Å². The van der Waals surface area contributed by atoms with Gasteiger partial charge in [0.1, 0.15) is 5.69 Å². The standard InChI is InChI=1S/C19H29N5O3/c1-14-17(21-27-20-14)19(26)23-11-6-16(7-12-23)24-10-4-5-15(13-24)18(25)22-8-2-3-9-22/h15-16H,2-13H2,1H3. The molecule has 8 nitrogen and oxygen atoms in total. The number of aromatic nitrogens is 2. The summed E-state index contributed by atoms with van der Waals surface area (Å²) in [5.41, 5.74) is 0.865. The van der Waals surface area contributed by atoms with Crippen molar-refractivity contribution in [3.8, 4) is 0 Å². The van der Waals surface area contributed by atoms with E-state index in [1.165, 1.54) is 0 Å². The van der Waals surface area contributed by atoms with E-state index < -0.39 is 0 Å². The average molecular weight is 375 g/mol. The van der Waals surface area contributed by atoms with Crippen LogP contribution in [-0.2, 0) is 4.79 Å². The highest BCUT2D eigenvalue weighted by Crippen LogP contribution is 2.26. The van der Waals surface area contributed by atoms with E-state index in [4.69, 9.17) is 0 Å². The van der Waals surface area contributed by atoms with Gasteiger partial charge in [-0.15, -0.1) is 0 Å². The monoisotopic (exact) mass is 375 g/mol. The highest BCUT2D eigenvalue weighted by molar-refractivity contribution is 5.93. The van der Waals surface area contributed by atoms with E-state index in [-0.39, 0.29) is 11.8 Å². The van der Waals surface area contributed by atoms with Crippen LogP contribution < -0.4 is 0 Å². The maximum absolute atomic E-state index is 12.8. The second-order valence-electron chi connectivity index (χ2n) is 8.09. The largest absolute Gasteiger partial charge is 0.342 e. The summed E-state index contributed by atoms with van der Waals surface area (Å²) in [6, 6.07) is 0.458. The first-order chi connectivity index (χ1) is 13.1. The number of aryl methyl sites for hydroxylation is 1. The molecule has 1 unspecified atom stereocenters. The predicted octanol–water partition coefficient (Wildman–Crippen LogP) is 1.32. The summed E-state index contributed by atoms with van der Waals surface area (Å²) in [5, 5.41) is 7.44. The minimum Gasteiger partial charge on any atom is -0.342 e. The molecule has 3 aliphatic heterocycles. The van der Waals surface area contributed by atoms with Gasteiger partial charge in [-0.25, -0.2) is 4.63 Å². The van der Waals surface area contributed by atoms with Crippen LogP contribution in [0, 0.1) is 12.8 Å². The van der Waals surface area contributed by atoms with Crippen molar-refractivity contribution in [1.29, 1.82) is 0 Å². The predicted molar refractivity (Wildman–Crippen MR) is 98.1 cm³/mol. The summed E-state index contributed by atoms with van der Waals surface area (Å²) in [4.78, 5) is 31.7. The maximum Gasteiger partial charge on any atom is 0.278 e. The number of hydrogen-bond donors (Lipinski definition) is 0. The molecule has 27 heavy (non-hydrogen) atoms. The lowest BCUT2D eigenvalue weighted by Gasteiger charge is -2.42. The van der Waals surface area contributed by atoms with Crippen molar-refractivity contribution in [2.45, 2.75) is 51.5 Å². The molecule has 0 N–H and O–H groups in total. The number of nitrogens with zero attached hydrogens (tertiary/aromatic N) is 5. The molecular formula is C19H29N5O3. The number of piperidine rings is 2. The van der Waals surface area contributed by atoms with Crippen LogP contribution in [0.4, 0.5) is 0 Å². The second kappa shape index (κ2) is 7.96. The van der Waals surface area contributed by atoms with E-state index >= 15 is 0 Å². The number of likely N-dealkylation sites (tertiary alicyclic amines) is 3. The van der Waals surface area contributed by atoms with E-state index in [0.717, 1.165) is 77.8 Å². The molecule has 0 saturated carbocycles. The Labute approximate surface area is 159 Å². The molecule has 0 radical (unpaired) electrons. The first-order valence-corrected chi connectivity index (χ1v) is 10.2. The zero-order valence-electron chi connectivity index (χ0n) is 16.1. The van der Waals surface area contributed by atoms with Crippen LogP contribution in [-0.4, -0.2) is 82.1 Å². The van der Waals surface area contributed by atoms with E-state index in [9.17, 15) is 9.59 Å². The van der Waals surface area contributed by atoms with Crippen molar-refractivity contribution in [2.75, 3.05) is 39.3 Å². The summed E-state index contributed by atoms with van der Waals surface area (Å²) < 4.78 is 4.66. The molecule has 0 aromatic carbocycles. The van der Waals surface area contributed by atoms with Gasteiger partial charge in [0.2, 0.25) is 5.91 Å². The third-order valence-electron chi connectivity index (χ3n) is 6.34. The highest BCUT2D eigenvalue weighted by Gasteiger charge is 2.35. The van der Waals surface area contributed by atoms with E-state index in [1.807, 2.05) is 4.90 Å². The molecule has 3 saturated heterocycles. The van der Waals surface area contributed by atoms with Gasteiger partial charge in [-0.1, -0.05) is 5.16 Å². The molecule has 0 bridgehead atoms. The third kappa shape index (κ3) is 3.85. The van der Waals surface area contributed by atoms with Gasteiger partial charge in [0.05, 0.1) is 5.92 Å². The Bertz CT molecular complexity index is 677. The zero-order valence-corrected chi connectivity index (χ0v) is 16.1. The van der Waals surface area contributed by atoms with Gasteiger partial charge in [-0.3, -0.25) is 14.5 Å². The molecule has 8 heteroatoms. The number of rotatable bonds is 3. The molecule has 0 spiro atoms. The van der Waals surface area contributed by atoms with Gasteiger partial charge in [0.25, 0.3) is 5.91 Å². The number of amides is 2. The highest BCUT2D eigenvalue weighted by atomic mass is 16.6. The fourth-order valence-electron chi connectivity index (χ4n) is 4.74. The molecule has 0 aliphatic carbocycles. The van der Waals surface area contributed by atoms with Crippen molar-refractivity contribution >= 4 is 11.8 Å². The minimum absolute atomic E-state index is 0.0899. The number of carbonyl (C=O) groups excluding carboxylic acids is 2. The van der Waals surface area contributed by atoms with Crippen LogP contribution in [0.3, 0.4) is 0 Å². The van der Waals surface area contributed by atoms with Crippen LogP contribution in [0.2, 0.25) is 0 Å². The Kier molecular flexibility index (Phi) is 5.43. The van der Waals surface area contributed by atoms with Crippen LogP contribution in [0.5, 0.6) is 0 Å². The molecule has 1 aromatic rings. The van der Waals surface area contributed by atoms with E-state index in [1.54, 1.807) is 6.92 Å². The fraction of sp³-hybridized carbons (Fsp3) is 0.789. The van der Waals surface area contributed by atoms with E-state index in [2.05, 4.69) is 24.7 Å². The molecule has 1 aromatic heterocycles. The summed E-state index contributed by atoms with van der Waals surface area (Å²) in [5.74, 6) is 0.423. The summed E-state index contributed by atoms with van der Waals surface area (Å²) in [7, 11) is 0. The third-order valence-corrected chi connectivity index (χ3v) is 6.34. The first kappa shape index (κ1) is 18.4. The van der Waals surface area contributed by atoms with Gasteiger partial charge in [-0.2, -0.15) is 0 Å². The normalized spacial score (nSPS) is 25.1. The average Bonchev–Trinajstić information content (AvgIpc) is 3.39. The Morgan fingerprint density at radius 2 is 1.67 bits per heavy atom. The van der Waals surface area contributed by atoms with Crippen LogP contribution in [0.15, 0.2) is 4.63 Å². The van der Waals surface area contributed by atoms with Gasteiger partial charge in [0, 0.05) is 38.8 Å². The van der Waals surface area contributed by atoms with Gasteiger partial charge >= 0.3 is 0 Å². The van der Waals surface area contributed by atoms with Gasteiger partial charge < -0.3 is 9.80 Å². The lowest BCUT2D eigenvalue weighted by molar-refractivity contribution is -0.136. The Morgan fingerprint density at radius 3 is 2.33 bits per heavy atom. The van der Waals surface area contributed by atoms with Gasteiger partial charge in [0.15, 0.2) is 5.69 Å². The Hall–Kier alpha value is -1.96. The maximum atomic E-state index is 12.8. The van der Waals surface area contributed by atoms with Crippen LogP contribution in [0.1, 0.15) is 54.7 Å². The molecule has 2 amide bonds. The number of hydrogen-bond acceptors (Lipinski definition) is 6. The topological polar surface area (TPSA) is 82.8 Å². The van der Waals surface area contributed by atoms with Crippen LogP contribution in [0.25, 0.3) is 0 Å². The van der Waals surface area contributed by atoms with Crippen LogP contribution >= 0.6 is 0 Å². The smallest absolute Gasteiger partial charge is 0.278 e. The quantitative estimate of drug-likeness (QED) is 0.792. The van der Waals surface area contributed by atoms with E-state index in [0.29, 0.717) is 23.3 Å². The molecule has 4 rings (SSSR count). The van der Waals surface area contributed by atoms with Gasteiger partial charge in [-0.05, 0) is 57.2 Å².